The largest absolute Gasteiger partial charge is 0.367 e. The van der Waals surface area contributed by atoms with Gasteiger partial charge in [0.25, 0.3) is 0 Å². The number of fused-ring (bicyclic) bond motifs is 1. The smallest absolute Gasteiger partial charge is 0.191 e. The fourth-order valence-corrected chi connectivity index (χ4v) is 2.46. The third-order valence-corrected chi connectivity index (χ3v) is 3.98. The molecule has 0 amide bonds. The third kappa shape index (κ3) is 3.69. The molecule has 0 spiro atoms. The molecule has 0 bridgehead atoms. The predicted molar refractivity (Wildman–Crippen MR) is 91.5 cm³/mol. The molecule has 2 atom stereocenters. The van der Waals surface area contributed by atoms with Crippen LogP contribution in [0.2, 0.25) is 0 Å². The molecule has 124 valence electrons. The minimum Gasteiger partial charge on any atom is -0.367 e. The van der Waals surface area contributed by atoms with Gasteiger partial charge in [-0.2, -0.15) is 5.10 Å². The number of nitrogens with one attached hydrogen (secondary N) is 3. The van der Waals surface area contributed by atoms with Crippen LogP contribution in [0.25, 0.3) is 11.0 Å². The number of rotatable bonds is 6. The molecular formula is C15H24N8. The van der Waals surface area contributed by atoms with Gasteiger partial charge in [-0.1, -0.05) is 6.92 Å². The van der Waals surface area contributed by atoms with Gasteiger partial charge < -0.3 is 16.0 Å². The van der Waals surface area contributed by atoms with E-state index in [2.05, 4.69) is 49.9 Å². The molecule has 23 heavy (non-hydrogen) atoms. The van der Waals surface area contributed by atoms with Crippen molar-refractivity contribution in [3.8, 4) is 0 Å². The van der Waals surface area contributed by atoms with Crippen LogP contribution < -0.4 is 16.0 Å². The second kappa shape index (κ2) is 6.80. The van der Waals surface area contributed by atoms with Crippen molar-refractivity contribution in [3.63, 3.8) is 0 Å². The van der Waals surface area contributed by atoms with Gasteiger partial charge in [0.1, 0.15) is 12.1 Å². The van der Waals surface area contributed by atoms with Gasteiger partial charge in [-0.15, -0.1) is 0 Å². The number of aryl methyl sites for hydroxylation is 1. The van der Waals surface area contributed by atoms with Crippen LogP contribution in [0.1, 0.15) is 20.3 Å². The van der Waals surface area contributed by atoms with Crippen molar-refractivity contribution in [2.75, 3.05) is 25.0 Å². The topological polar surface area (TPSA) is 92.1 Å². The van der Waals surface area contributed by atoms with Crippen LogP contribution in [0.15, 0.2) is 17.5 Å². The number of guanidine groups is 1. The molecule has 2 heterocycles. The van der Waals surface area contributed by atoms with Crippen LogP contribution in [-0.4, -0.2) is 51.4 Å². The highest BCUT2D eigenvalue weighted by molar-refractivity contribution is 5.86. The Kier molecular flexibility index (Phi) is 4.59. The molecule has 2 aromatic heterocycles. The molecule has 0 radical (unpaired) electrons. The summed E-state index contributed by atoms with van der Waals surface area (Å²) in [7, 11) is 1.87. The highest BCUT2D eigenvalue weighted by Crippen LogP contribution is 2.28. The van der Waals surface area contributed by atoms with Gasteiger partial charge >= 0.3 is 0 Å². The van der Waals surface area contributed by atoms with E-state index in [0.717, 1.165) is 35.3 Å². The van der Waals surface area contributed by atoms with Gasteiger partial charge in [0.15, 0.2) is 11.6 Å². The van der Waals surface area contributed by atoms with E-state index < -0.39 is 0 Å². The van der Waals surface area contributed by atoms with Crippen LogP contribution in [0.4, 0.5) is 5.82 Å². The van der Waals surface area contributed by atoms with Crippen molar-refractivity contribution in [2.24, 2.45) is 18.0 Å². The monoisotopic (exact) mass is 316 g/mol. The minimum absolute atomic E-state index is 0.567. The molecule has 3 rings (SSSR count). The maximum Gasteiger partial charge on any atom is 0.191 e. The van der Waals surface area contributed by atoms with E-state index in [1.807, 2.05) is 7.05 Å². The second-order valence-electron chi connectivity index (χ2n) is 5.88. The lowest BCUT2D eigenvalue weighted by molar-refractivity contribution is 0.767. The number of hydrogen-bond donors (Lipinski definition) is 3. The fraction of sp³-hybridized carbons (Fsp3) is 0.600. The summed E-state index contributed by atoms with van der Waals surface area (Å²) in [6, 6.07) is 0.567. The molecule has 1 aliphatic carbocycles. The van der Waals surface area contributed by atoms with Crippen LogP contribution >= 0.6 is 0 Å². The number of aromatic nitrogens is 4. The lowest BCUT2D eigenvalue weighted by Gasteiger charge is -2.11. The summed E-state index contributed by atoms with van der Waals surface area (Å²) in [5.41, 5.74) is 0.823. The van der Waals surface area contributed by atoms with Gasteiger partial charge in [-0.05, 0) is 19.3 Å². The Hall–Kier alpha value is -2.38. The summed E-state index contributed by atoms with van der Waals surface area (Å²) in [5.74, 6) is 2.43. The van der Waals surface area contributed by atoms with Gasteiger partial charge in [0.05, 0.1) is 18.1 Å². The summed E-state index contributed by atoms with van der Waals surface area (Å²) in [4.78, 5) is 13.1. The van der Waals surface area contributed by atoms with Gasteiger partial charge in [0, 0.05) is 26.2 Å². The first-order chi connectivity index (χ1) is 11.2. The molecule has 1 saturated carbocycles. The number of anilines is 1. The zero-order chi connectivity index (χ0) is 16.2. The molecule has 0 aromatic carbocycles. The molecule has 2 unspecified atom stereocenters. The Labute approximate surface area is 135 Å². The molecule has 1 aliphatic rings. The summed E-state index contributed by atoms with van der Waals surface area (Å²) in [6.07, 6.45) is 4.55. The number of nitrogens with zero attached hydrogens (tertiary/aromatic N) is 5. The summed E-state index contributed by atoms with van der Waals surface area (Å²) >= 11 is 0. The molecule has 1 fully saturated rings. The Morgan fingerprint density at radius 3 is 3.00 bits per heavy atom. The Morgan fingerprint density at radius 1 is 1.43 bits per heavy atom. The quantitative estimate of drug-likeness (QED) is 0.413. The van der Waals surface area contributed by atoms with E-state index in [1.54, 1.807) is 17.2 Å². The van der Waals surface area contributed by atoms with Crippen molar-refractivity contribution in [1.82, 2.24) is 30.4 Å². The fourth-order valence-electron chi connectivity index (χ4n) is 2.46. The Balaban J connectivity index is 1.55. The standard InChI is InChI=1S/C15H24N8/c1-4-16-15(22-12-7-10(12)2)18-6-5-17-13-11-8-21-23(3)14(11)20-9-19-13/h8-10,12H,4-7H2,1-3H3,(H2,16,18,22)(H,17,19,20). The first kappa shape index (κ1) is 15.5. The van der Waals surface area contributed by atoms with Crippen molar-refractivity contribution in [3.05, 3.63) is 12.5 Å². The minimum atomic E-state index is 0.567. The van der Waals surface area contributed by atoms with Gasteiger partial charge in [-0.3, -0.25) is 9.67 Å². The highest BCUT2D eigenvalue weighted by Gasteiger charge is 2.33. The number of hydrogen-bond acceptors (Lipinski definition) is 5. The molecule has 0 aliphatic heterocycles. The first-order valence-corrected chi connectivity index (χ1v) is 8.10. The van der Waals surface area contributed by atoms with E-state index in [4.69, 9.17) is 0 Å². The zero-order valence-electron chi connectivity index (χ0n) is 13.9. The average molecular weight is 316 g/mol. The molecular weight excluding hydrogens is 292 g/mol. The van der Waals surface area contributed by atoms with Gasteiger partial charge in [-0.25, -0.2) is 9.97 Å². The van der Waals surface area contributed by atoms with Crippen LogP contribution in [-0.2, 0) is 7.05 Å². The van der Waals surface area contributed by atoms with E-state index >= 15 is 0 Å². The molecule has 2 aromatic rings. The Bertz CT molecular complexity index is 692. The summed E-state index contributed by atoms with van der Waals surface area (Å²) < 4.78 is 1.74. The van der Waals surface area contributed by atoms with Crippen LogP contribution in [0.5, 0.6) is 0 Å². The first-order valence-electron chi connectivity index (χ1n) is 8.10. The van der Waals surface area contributed by atoms with Gasteiger partial charge in [0.2, 0.25) is 0 Å². The van der Waals surface area contributed by atoms with Crippen LogP contribution in [0.3, 0.4) is 0 Å². The van der Waals surface area contributed by atoms with E-state index in [-0.39, 0.29) is 0 Å². The van der Waals surface area contributed by atoms with Crippen LogP contribution in [0, 0.1) is 5.92 Å². The molecule has 0 saturated heterocycles. The zero-order valence-corrected chi connectivity index (χ0v) is 13.9. The van der Waals surface area contributed by atoms with E-state index in [1.165, 1.54) is 6.42 Å². The van der Waals surface area contributed by atoms with E-state index in [0.29, 0.717) is 19.1 Å². The van der Waals surface area contributed by atoms with Crippen molar-refractivity contribution in [2.45, 2.75) is 26.3 Å². The lowest BCUT2D eigenvalue weighted by atomic mass is 10.4. The maximum absolute atomic E-state index is 4.60. The lowest BCUT2D eigenvalue weighted by Crippen LogP contribution is -2.39. The van der Waals surface area contributed by atoms with E-state index in [9.17, 15) is 0 Å². The molecule has 8 heteroatoms. The summed E-state index contributed by atoms with van der Waals surface area (Å²) in [5, 5.41) is 15.2. The maximum atomic E-state index is 4.60. The predicted octanol–water partition coefficient (Wildman–Crippen LogP) is 0.739. The normalized spacial score (nSPS) is 20.6. The molecule has 8 nitrogen and oxygen atoms in total. The Morgan fingerprint density at radius 2 is 2.26 bits per heavy atom. The highest BCUT2D eigenvalue weighted by atomic mass is 15.3. The second-order valence-corrected chi connectivity index (χ2v) is 5.88. The average Bonchev–Trinajstić information content (AvgIpc) is 3.10. The van der Waals surface area contributed by atoms with Crippen molar-refractivity contribution in [1.29, 1.82) is 0 Å². The number of aliphatic imine (C=N–C) groups is 1. The molecule has 3 N–H and O–H groups in total. The van der Waals surface area contributed by atoms with Crippen molar-refractivity contribution < 1.29 is 0 Å². The third-order valence-electron chi connectivity index (χ3n) is 3.98. The summed E-state index contributed by atoms with van der Waals surface area (Å²) in [6.45, 7) is 6.56. The SMILES string of the molecule is CCNC(=NCCNc1ncnc2c1cnn2C)NC1CC1C. The van der Waals surface area contributed by atoms with Crippen molar-refractivity contribution >= 4 is 22.8 Å².